The van der Waals surface area contributed by atoms with E-state index in [0.29, 0.717) is 5.92 Å². The van der Waals surface area contributed by atoms with E-state index in [0.717, 1.165) is 11.4 Å². The molecule has 3 aromatic heterocycles. The van der Waals surface area contributed by atoms with E-state index in [1.165, 1.54) is 108 Å². The Balaban J connectivity index is 0.00000219. The maximum Gasteiger partial charge on any atom is 0.0640 e. The van der Waals surface area contributed by atoms with E-state index in [4.69, 9.17) is 0 Å². The van der Waals surface area contributed by atoms with Crippen LogP contribution in [0.5, 0.6) is 0 Å². The summed E-state index contributed by atoms with van der Waals surface area (Å²) in [5.41, 5.74) is 17.4. The lowest BCUT2D eigenvalue weighted by molar-refractivity contribution is 0.868. The maximum atomic E-state index is 2.47. The molecule has 3 heterocycles. The number of aryl methyl sites for hydroxylation is 1. The molecule has 12 rings (SSSR count). The molecule has 0 saturated heterocycles. The second-order valence-corrected chi connectivity index (χ2v) is 17.8. The van der Waals surface area contributed by atoms with Crippen LogP contribution < -0.4 is 4.90 Å². The monoisotopic (exact) mass is 828 g/mol. The largest absolute Gasteiger partial charge is 0.309 e. The van der Waals surface area contributed by atoms with Gasteiger partial charge < -0.3 is 9.30 Å². The van der Waals surface area contributed by atoms with Crippen LogP contribution in [0.15, 0.2) is 194 Å². The molecule has 0 N–H and O–H groups in total. The molecular formula is C60H48N2S. The summed E-state index contributed by atoms with van der Waals surface area (Å²) >= 11 is 1.88. The quantitative estimate of drug-likeness (QED) is 0.155. The molecule has 9 aromatic carbocycles. The maximum absolute atomic E-state index is 2.47. The fraction of sp³-hybridized carbons (Fsp3) is 0.100. The van der Waals surface area contributed by atoms with Gasteiger partial charge in [0.1, 0.15) is 0 Å². The van der Waals surface area contributed by atoms with E-state index in [9.17, 15) is 0 Å². The van der Waals surface area contributed by atoms with Gasteiger partial charge in [-0.05, 0) is 106 Å². The molecule has 0 aliphatic heterocycles. The van der Waals surface area contributed by atoms with Crippen molar-refractivity contribution >= 4 is 86.7 Å². The summed E-state index contributed by atoms with van der Waals surface area (Å²) in [6, 6.07) is 71.9. The lowest BCUT2D eigenvalue weighted by Gasteiger charge is -2.28. The highest BCUT2D eigenvalue weighted by Gasteiger charge is 2.23. The van der Waals surface area contributed by atoms with Crippen molar-refractivity contribution in [2.75, 3.05) is 4.90 Å². The Labute approximate surface area is 373 Å². The van der Waals surface area contributed by atoms with Gasteiger partial charge in [-0.25, -0.2) is 0 Å². The summed E-state index contributed by atoms with van der Waals surface area (Å²) in [5, 5.41) is 7.85. The number of rotatable bonds is 7. The Morgan fingerprint density at radius 3 is 1.89 bits per heavy atom. The Bertz CT molecular complexity index is 3630. The van der Waals surface area contributed by atoms with Gasteiger partial charge in [-0.1, -0.05) is 173 Å². The smallest absolute Gasteiger partial charge is 0.0640 e. The van der Waals surface area contributed by atoms with Crippen LogP contribution in [0.2, 0.25) is 0 Å². The molecule has 2 nitrogen and oxygen atoms in total. The Morgan fingerprint density at radius 2 is 1.08 bits per heavy atom. The van der Waals surface area contributed by atoms with Gasteiger partial charge in [0.05, 0.1) is 26.9 Å². The number of nitrogens with zero attached hydrogens (tertiary/aromatic N) is 2. The predicted octanol–water partition coefficient (Wildman–Crippen LogP) is 18.1. The molecule has 3 heteroatoms. The van der Waals surface area contributed by atoms with Gasteiger partial charge in [0.2, 0.25) is 0 Å². The molecule has 0 spiro atoms. The molecule has 63 heavy (non-hydrogen) atoms. The van der Waals surface area contributed by atoms with Crippen LogP contribution in [0.25, 0.3) is 91.6 Å². The molecule has 0 aliphatic rings. The van der Waals surface area contributed by atoms with E-state index in [2.05, 4.69) is 224 Å². The summed E-state index contributed by atoms with van der Waals surface area (Å²) in [7, 11) is 0. The highest BCUT2D eigenvalue weighted by Crippen LogP contribution is 2.47. The van der Waals surface area contributed by atoms with Crippen molar-refractivity contribution in [3.05, 3.63) is 205 Å². The molecule has 0 atom stereocenters. The fourth-order valence-electron chi connectivity index (χ4n) is 10.0. The van der Waals surface area contributed by atoms with E-state index in [1.54, 1.807) is 0 Å². The SMILES string of the molecule is CC.Cc1cc(-c2cccc3c2c2cccc4c5ccccc5n3c42)ccc1-c1ccc(N(c2ccc(-c3ccccc3)cc2)c2cccc3c2sc2ccccc23)cc1C(C)C. The minimum Gasteiger partial charge on any atom is -0.309 e. The van der Waals surface area contributed by atoms with Gasteiger partial charge in [0.25, 0.3) is 0 Å². The van der Waals surface area contributed by atoms with Crippen LogP contribution >= 0.6 is 11.3 Å². The van der Waals surface area contributed by atoms with E-state index in [-0.39, 0.29) is 0 Å². The Morgan fingerprint density at radius 1 is 0.460 bits per heavy atom. The van der Waals surface area contributed by atoms with Gasteiger partial charge in [-0.15, -0.1) is 11.3 Å². The average molecular weight is 829 g/mol. The number of benzene rings is 9. The van der Waals surface area contributed by atoms with Gasteiger partial charge in [0, 0.05) is 48.4 Å². The second-order valence-electron chi connectivity index (χ2n) is 16.7. The first-order valence-electron chi connectivity index (χ1n) is 22.3. The molecule has 0 fully saturated rings. The number of anilines is 3. The Hall–Kier alpha value is -7.20. The van der Waals surface area contributed by atoms with Crippen molar-refractivity contribution in [3.63, 3.8) is 0 Å². The summed E-state index contributed by atoms with van der Waals surface area (Å²) in [5.74, 6) is 0.305. The fourth-order valence-corrected chi connectivity index (χ4v) is 11.2. The third-order valence-corrected chi connectivity index (χ3v) is 14.1. The first-order chi connectivity index (χ1) is 31.0. The van der Waals surface area contributed by atoms with Crippen LogP contribution in [-0.4, -0.2) is 4.40 Å². The third kappa shape index (κ3) is 6.21. The highest BCUT2D eigenvalue weighted by molar-refractivity contribution is 7.26. The first-order valence-corrected chi connectivity index (χ1v) is 23.1. The molecule has 304 valence electrons. The van der Waals surface area contributed by atoms with E-state index in [1.807, 2.05) is 25.2 Å². The molecule has 0 aliphatic carbocycles. The zero-order valence-corrected chi connectivity index (χ0v) is 37.2. The molecule has 12 aromatic rings. The zero-order valence-electron chi connectivity index (χ0n) is 36.4. The van der Waals surface area contributed by atoms with Crippen LogP contribution in [0.1, 0.15) is 44.7 Å². The summed E-state index contributed by atoms with van der Waals surface area (Å²) in [4.78, 5) is 2.47. The number of thiophene rings is 1. The predicted molar refractivity (Wildman–Crippen MR) is 275 cm³/mol. The molecular weight excluding hydrogens is 781 g/mol. The summed E-state index contributed by atoms with van der Waals surface area (Å²) in [6.45, 7) is 10.9. The second kappa shape index (κ2) is 15.6. The first kappa shape index (κ1) is 38.7. The minimum absolute atomic E-state index is 0.305. The number of para-hydroxylation sites is 2. The molecule has 0 amide bonds. The normalized spacial score (nSPS) is 11.7. The average Bonchev–Trinajstić information content (AvgIpc) is 4.01. The minimum atomic E-state index is 0.305. The standard InChI is InChI=1S/C58H42N2S.C2H6/c1-36(2)51-35-42(59(41-29-26-39(27-30-41)38-14-5-4-6-15-38)54-24-13-20-49-47-17-8-10-25-55(47)61-58(49)54)31-33-45(51)43-32-28-40(34-37(43)3)44-18-12-23-53-56(44)50-21-11-19-48-46-16-7-9-22-52(46)60(53)57(48)50;1-2/h4-36H,1-3H3;1-2H3. The van der Waals surface area contributed by atoms with Crippen molar-refractivity contribution in [2.24, 2.45) is 0 Å². The summed E-state index contributed by atoms with van der Waals surface area (Å²) in [6.07, 6.45) is 0. The summed E-state index contributed by atoms with van der Waals surface area (Å²) < 4.78 is 5.07. The van der Waals surface area contributed by atoms with Crippen molar-refractivity contribution in [1.29, 1.82) is 0 Å². The number of hydrogen-bond donors (Lipinski definition) is 0. The molecule has 0 saturated carbocycles. The number of hydrogen-bond acceptors (Lipinski definition) is 2. The molecule has 0 bridgehead atoms. The third-order valence-electron chi connectivity index (χ3n) is 12.8. The lowest BCUT2D eigenvalue weighted by atomic mass is 9.88. The van der Waals surface area contributed by atoms with Crippen molar-refractivity contribution in [3.8, 4) is 33.4 Å². The van der Waals surface area contributed by atoms with Gasteiger partial charge in [0.15, 0.2) is 0 Å². The highest BCUT2D eigenvalue weighted by atomic mass is 32.1. The van der Waals surface area contributed by atoms with Crippen molar-refractivity contribution in [2.45, 2.75) is 40.5 Å². The van der Waals surface area contributed by atoms with Gasteiger partial charge >= 0.3 is 0 Å². The van der Waals surface area contributed by atoms with Gasteiger partial charge in [-0.2, -0.15) is 0 Å². The van der Waals surface area contributed by atoms with Crippen molar-refractivity contribution in [1.82, 2.24) is 4.40 Å². The topological polar surface area (TPSA) is 7.65 Å². The van der Waals surface area contributed by atoms with Crippen LogP contribution in [0.4, 0.5) is 17.1 Å². The van der Waals surface area contributed by atoms with Crippen LogP contribution in [0.3, 0.4) is 0 Å². The lowest BCUT2D eigenvalue weighted by Crippen LogP contribution is -2.11. The van der Waals surface area contributed by atoms with E-state index < -0.39 is 0 Å². The molecule has 0 unspecified atom stereocenters. The van der Waals surface area contributed by atoms with Gasteiger partial charge in [-0.3, -0.25) is 0 Å². The zero-order chi connectivity index (χ0) is 42.8. The van der Waals surface area contributed by atoms with Crippen LogP contribution in [0, 0.1) is 6.92 Å². The van der Waals surface area contributed by atoms with Crippen LogP contribution in [-0.2, 0) is 0 Å². The Kier molecular flexibility index (Phi) is 9.59. The number of fused-ring (bicyclic) bond motifs is 9. The number of aromatic nitrogens is 1. The van der Waals surface area contributed by atoms with Crippen molar-refractivity contribution < 1.29 is 0 Å². The molecule has 0 radical (unpaired) electrons. The van der Waals surface area contributed by atoms with E-state index >= 15 is 0 Å².